The number of hydrogen-bond donors (Lipinski definition) is 5. The third-order valence-electron chi connectivity index (χ3n) is 6.17. The van der Waals surface area contributed by atoms with Gasteiger partial charge in [0.15, 0.2) is 0 Å². The van der Waals surface area contributed by atoms with Crippen LogP contribution in [0.5, 0.6) is 0 Å². The molecular weight excluding hydrogens is 387 g/mol. The summed E-state index contributed by atoms with van der Waals surface area (Å²) in [4.78, 5) is 11.9. The monoisotopic (exact) mass is 418 g/mol. The molecule has 0 spiro atoms. The molecule has 0 aromatic rings. The van der Waals surface area contributed by atoms with Gasteiger partial charge in [-0.1, -0.05) is 6.42 Å². The largest absolute Gasteiger partial charge is 0.480 e. The Hall–Kier alpha value is -0.755. The van der Waals surface area contributed by atoms with E-state index in [1.54, 1.807) is 4.31 Å². The van der Waals surface area contributed by atoms with Crippen molar-refractivity contribution < 1.29 is 28.4 Å². The first-order valence-corrected chi connectivity index (χ1v) is 11.4. The number of carboxylic acids is 1. The first kappa shape index (κ1) is 21.9. The van der Waals surface area contributed by atoms with Crippen molar-refractivity contribution >= 4 is 23.3 Å². The van der Waals surface area contributed by atoms with Gasteiger partial charge in [0.1, 0.15) is 5.54 Å². The van der Waals surface area contributed by atoms with Gasteiger partial charge in [0.05, 0.1) is 0 Å². The number of carboxylic acid groups (broad SMARTS) is 1. The summed E-state index contributed by atoms with van der Waals surface area (Å²) in [5.74, 6) is -1.80. The Morgan fingerprint density at radius 3 is 2.36 bits per heavy atom. The summed E-state index contributed by atoms with van der Waals surface area (Å²) in [5, 5.41) is 31.0. The predicted molar refractivity (Wildman–Crippen MR) is 104 cm³/mol. The second kappa shape index (κ2) is 8.54. The van der Waals surface area contributed by atoms with Crippen molar-refractivity contribution in [1.29, 1.82) is 0 Å². The lowest BCUT2D eigenvalue weighted by molar-refractivity contribution is -0.144. The van der Waals surface area contributed by atoms with E-state index in [1.165, 1.54) is 4.31 Å². The number of nitrogens with one attached hydrogen (secondary N) is 1. The first-order chi connectivity index (χ1) is 13.2. The Labute approximate surface area is 166 Å². The lowest BCUT2D eigenvalue weighted by Crippen LogP contribution is -2.56. The number of nitrogens with two attached hydrogens (primary N) is 1. The molecule has 1 saturated carbocycles. The molecule has 2 atom stereocenters. The van der Waals surface area contributed by atoms with Gasteiger partial charge in [-0.3, -0.25) is 4.79 Å². The zero-order valence-corrected chi connectivity index (χ0v) is 16.9. The molecule has 0 bridgehead atoms. The van der Waals surface area contributed by atoms with Crippen LogP contribution in [-0.4, -0.2) is 89.1 Å². The summed E-state index contributed by atoms with van der Waals surface area (Å²) in [6.45, 7) is 1.32. The average Bonchev–Trinajstić information content (AvgIpc) is 3.38. The van der Waals surface area contributed by atoms with Crippen LogP contribution in [0.2, 0.25) is 6.32 Å². The van der Waals surface area contributed by atoms with Crippen LogP contribution < -0.4 is 11.1 Å². The lowest BCUT2D eigenvalue weighted by atomic mass is 9.78. The number of nitrogens with zero attached hydrogens (tertiary/aromatic N) is 2. The Morgan fingerprint density at radius 1 is 1.21 bits per heavy atom. The lowest BCUT2D eigenvalue weighted by Gasteiger charge is -2.36. The van der Waals surface area contributed by atoms with E-state index in [-0.39, 0.29) is 31.5 Å². The van der Waals surface area contributed by atoms with Crippen LogP contribution in [0.3, 0.4) is 0 Å². The van der Waals surface area contributed by atoms with E-state index in [4.69, 9.17) is 15.8 Å². The zero-order valence-electron chi connectivity index (χ0n) is 16.0. The summed E-state index contributed by atoms with van der Waals surface area (Å²) >= 11 is 0. The van der Waals surface area contributed by atoms with Gasteiger partial charge >= 0.3 is 13.1 Å². The number of carbonyl (C=O) groups is 1. The number of aliphatic carboxylic acids is 1. The molecule has 28 heavy (non-hydrogen) atoms. The van der Waals surface area contributed by atoms with Gasteiger partial charge in [-0.15, -0.1) is 0 Å². The van der Waals surface area contributed by atoms with Crippen LogP contribution in [0.15, 0.2) is 0 Å². The molecular formula is C16H31BN4O6S. The molecule has 1 aliphatic carbocycles. The van der Waals surface area contributed by atoms with Crippen molar-refractivity contribution in [3.8, 4) is 0 Å². The van der Waals surface area contributed by atoms with E-state index in [9.17, 15) is 18.3 Å². The Morgan fingerprint density at radius 2 is 1.82 bits per heavy atom. The normalized spacial score (nSPS) is 30.1. The van der Waals surface area contributed by atoms with Crippen LogP contribution in [0, 0.1) is 5.92 Å². The van der Waals surface area contributed by atoms with Crippen molar-refractivity contribution in [3.63, 3.8) is 0 Å². The standard InChI is InChI=1S/C16H31BN4O6S/c18-16(15(22)23)11-20(10-12(16)2-1-7-17(24)25)28(26,27)21(13-3-4-13)14-5-8-19-9-6-14/h12-14,19,24-25H,1-11,18H2,(H,22,23)/t12-,16-/m0/s1. The third kappa shape index (κ3) is 4.53. The second-order valence-corrected chi connectivity index (χ2v) is 10.1. The van der Waals surface area contributed by atoms with E-state index in [0.717, 1.165) is 38.8 Å². The summed E-state index contributed by atoms with van der Waals surface area (Å²) in [5.41, 5.74) is 4.49. The van der Waals surface area contributed by atoms with Crippen LogP contribution >= 0.6 is 0 Å². The van der Waals surface area contributed by atoms with Gasteiger partial charge in [-0.2, -0.15) is 17.0 Å². The molecule has 2 aliphatic heterocycles. The maximum atomic E-state index is 13.5. The second-order valence-electron chi connectivity index (χ2n) is 8.30. The molecule has 160 valence electrons. The summed E-state index contributed by atoms with van der Waals surface area (Å²) < 4.78 is 29.8. The van der Waals surface area contributed by atoms with E-state index >= 15 is 0 Å². The molecule has 0 aromatic carbocycles. The third-order valence-corrected chi connectivity index (χ3v) is 8.23. The number of rotatable bonds is 9. The van der Waals surface area contributed by atoms with Crippen molar-refractivity contribution in [2.24, 2.45) is 11.7 Å². The molecule has 0 amide bonds. The summed E-state index contributed by atoms with van der Waals surface area (Å²) in [6.07, 6.45) is 3.94. The maximum Gasteiger partial charge on any atom is 0.451 e. The van der Waals surface area contributed by atoms with E-state index in [2.05, 4.69) is 5.32 Å². The van der Waals surface area contributed by atoms with E-state index in [0.29, 0.717) is 12.8 Å². The fourth-order valence-electron chi connectivity index (χ4n) is 4.41. The fraction of sp³-hybridized carbons (Fsp3) is 0.938. The topological polar surface area (TPSA) is 156 Å². The molecule has 0 unspecified atom stereocenters. The molecule has 6 N–H and O–H groups in total. The van der Waals surface area contributed by atoms with Crippen LogP contribution in [0.1, 0.15) is 38.5 Å². The Kier molecular flexibility index (Phi) is 6.70. The molecule has 10 nitrogen and oxygen atoms in total. The van der Waals surface area contributed by atoms with Crippen molar-refractivity contribution in [2.75, 3.05) is 26.2 Å². The van der Waals surface area contributed by atoms with Crippen molar-refractivity contribution in [3.05, 3.63) is 0 Å². The molecule has 2 heterocycles. The molecule has 2 saturated heterocycles. The molecule has 3 fully saturated rings. The minimum atomic E-state index is -3.82. The minimum Gasteiger partial charge on any atom is -0.480 e. The molecule has 3 aliphatic rings. The first-order valence-electron chi connectivity index (χ1n) is 10.0. The van der Waals surface area contributed by atoms with Gasteiger partial charge in [-0.25, -0.2) is 0 Å². The van der Waals surface area contributed by atoms with E-state index in [1.807, 2.05) is 0 Å². The van der Waals surface area contributed by atoms with Gasteiger partial charge in [-0.05, 0) is 51.5 Å². The highest BCUT2D eigenvalue weighted by Crippen LogP contribution is 2.38. The van der Waals surface area contributed by atoms with Crippen LogP contribution in [0.4, 0.5) is 0 Å². The smallest absolute Gasteiger partial charge is 0.451 e. The summed E-state index contributed by atoms with van der Waals surface area (Å²) in [6, 6.07) is -0.0759. The zero-order chi connectivity index (χ0) is 20.5. The minimum absolute atomic E-state index is 0.00584. The van der Waals surface area contributed by atoms with Gasteiger partial charge < -0.3 is 26.2 Å². The Bertz CT molecular complexity index is 670. The van der Waals surface area contributed by atoms with Gasteiger partial charge in [0, 0.05) is 31.1 Å². The average molecular weight is 418 g/mol. The Balaban J connectivity index is 1.77. The number of hydrogen-bond acceptors (Lipinski definition) is 7. The summed E-state index contributed by atoms with van der Waals surface area (Å²) in [7, 11) is -5.29. The van der Waals surface area contributed by atoms with E-state index < -0.39 is 34.8 Å². The highest BCUT2D eigenvalue weighted by atomic mass is 32.2. The SMILES string of the molecule is N[C@@]1(C(=O)O)CN(S(=O)(=O)N(C2CCNCC2)C2CC2)C[C@@H]1CCCB(O)O. The van der Waals surface area contributed by atoms with Crippen molar-refractivity contribution in [2.45, 2.75) is 62.5 Å². The van der Waals surface area contributed by atoms with Gasteiger partial charge in [0.25, 0.3) is 10.2 Å². The maximum absolute atomic E-state index is 13.5. The predicted octanol–water partition coefficient (Wildman–Crippen LogP) is -1.59. The van der Waals surface area contributed by atoms with Crippen molar-refractivity contribution in [1.82, 2.24) is 13.9 Å². The highest BCUT2D eigenvalue weighted by molar-refractivity contribution is 7.86. The van der Waals surface area contributed by atoms with Crippen LogP contribution in [0.25, 0.3) is 0 Å². The molecule has 0 aromatic heterocycles. The van der Waals surface area contributed by atoms with Gasteiger partial charge in [0.2, 0.25) is 0 Å². The number of piperidine rings is 1. The molecule has 12 heteroatoms. The molecule has 3 rings (SSSR count). The quantitative estimate of drug-likeness (QED) is 0.281. The highest BCUT2D eigenvalue weighted by Gasteiger charge is 2.55. The van der Waals surface area contributed by atoms with Crippen LogP contribution in [-0.2, 0) is 15.0 Å². The molecule has 0 radical (unpaired) electrons. The fourth-order valence-corrected chi connectivity index (χ4v) is 6.59.